The van der Waals surface area contributed by atoms with Gasteiger partial charge in [0.2, 0.25) is 0 Å². The van der Waals surface area contributed by atoms with Crippen LogP contribution in [0, 0.1) is 0 Å². The van der Waals surface area contributed by atoms with Gasteiger partial charge in [0.25, 0.3) is 0 Å². The van der Waals surface area contributed by atoms with Crippen LogP contribution in [-0.4, -0.2) is 33.8 Å². The molecule has 4 nitrogen and oxygen atoms in total. The van der Waals surface area contributed by atoms with Crippen LogP contribution in [0.3, 0.4) is 0 Å². The van der Waals surface area contributed by atoms with Crippen molar-refractivity contribution in [2.24, 2.45) is 5.73 Å². The number of benzene rings is 1. The van der Waals surface area contributed by atoms with E-state index in [4.69, 9.17) is 5.73 Å². The summed E-state index contributed by atoms with van der Waals surface area (Å²) in [5.74, 6) is 0. The fourth-order valence-electron chi connectivity index (χ4n) is 2.57. The van der Waals surface area contributed by atoms with Crippen molar-refractivity contribution in [2.45, 2.75) is 30.2 Å². The number of anilines is 1. The molecule has 0 spiro atoms. The predicted molar refractivity (Wildman–Crippen MR) is 73.6 cm³/mol. The van der Waals surface area contributed by atoms with Gasteiger partial charge in [0, 0.05) is 25.4 Å². The van der Waals surface area contributed by atoms with Gasteiger partial charge in [-0.3, -0.25) is 0 Å². The van der Waals surface area contributed by atoms with Gasteiger partial charge in [0.1, 0.15) is 0 Å². The van der Waals surface area contributed by atoms with E-state index in [2.05, 4.69) is 4.90 Å². The van der Waals surface area contributed by atoms with Crippen LogP contribution >= 0.6 is 0 Å². The molecule has 0 radical (unpaired) electrons. The zero-order chi connectivity index (χ0) is 13.2. The molecule has 18 heavy (non-hydrogen) atoms. The maximum atomic E-state index is 11.8. The highest BCUT2D eigenvalue weighted by molar-refractivity contribution is 7.90. The van der Waals surface area contributed by atoms with Crippen molar-refractivity contribution in [2.75, 3.05) is 24.2 Å². The normalized spacial score (nSPS) is 21.0. The molecule has 2 N–H and O–H groups in total. The van der Waals surface area contributed by atoms with Gasteiger partial charge in [-0.1, -0.05) is 12.1 Å². The van der Waals surface area contributed by atoms with Crippen molar-refractivity contribution < 1.29 is 8.42 Å². The SMILES string of the molecule is CS(=O)(=O)c1ccccc1N1CCCCC1CN. The van der Waals surface area contributed by atoms with Gasteiger partial charge in [0.05, 0.1) is 10.6 Å². The standard InChI is InChI=1S/C13H20N2O2S/c1-18(16,17)13-8-3-2-7-12(13)15-9-5-4-6-11(15)10-14/h2-3,7-8,11H,4-6,9-10,14H2,1H3. The van der Waals surface area contributed by atoms with E-state index in [9.17, 15) is 8.42 Å². The number of hydrogen-bond donors (Lipinski definition) is 1. The number of rotatable bonds is 3. The Bertz CT molecular complexity index is 513. The Morgan fingerprint density at radius 3 is 2.72 bits per heavy atom. The average molecular weight is 268 g/mol. The van der Waals surface area contributed by atoms with Crippen LogP contribution in [-0.2, 0) is 9.84 Å². The Morgan fingerprint density at radius 2 is 2.06 bits per heavy atom. The molecule has 1 saturated heterocycles. The van der Waals surface area contributed by atoms with Crippen molar-refractivity contribution in [1.82, 2.24) is 0 Å². The van der Waals surface area contributed by atoms with Gasteiger partial charge in [-0.05, 0) is 31.4 Å². The van der Waals surface area contributed by atoms with E-state index in [0.29, 0.717) is 11.4 Å². The molecule has 2 rings (SSSR count). The molecular weight excluding hydrogens is 248 g/mol. The molecule has 1 fully saturated rings. The first-order valence-electron chi connectivity index (χ1n) is 6.30. The first kappa shape index (κ1) is 13.4. The van der Waals surface area contributed by atoms with Crippen LogP contribution in [0.15, 0.2) is 29.2 Å². The smallest absolute Gasteiger partial charge is 0.177 e. The lowest BCUT2D eigenvalue weighted by molar-refractivity contribution is 0.463. The van der Waals surface area contributed by atoms with E-state index in [1.807, 2.05) is 12.1 Å². The minimum Gasteiger partial charge on any atom is -0.366 e. The van der Waals surface area contributed by atoms with E-state index < -0.39 is 9.84 Å². The lowest BCUT2D eigenvalue weighted by atomic mass is 10.0. The first-order valence-corrected chi connectivity index (χ1v) is 8.19. The summed E-state index contributed by atoms with van der Waals surface area (Å²) in [6.07, 6.45) is 4.55. The number of sulfone groups is 1. The Kier molecular flexibility index (Phi) is 3.92. The topological polar surface area (TPSA) is 63.4 Å². The van der Waals surface area contributed by atoms with Crippen LogP contribution < -0.4 is 10.6 Å². The molecule has 5 heteroatoms. The fraction of sp³-hybridized carbons (Fsp3) is 0.538. The van der Waals surface area contributed by atoms with Crippen LogP contribution in [0.5, 0.6) is 0 Å². The zero-order valence-electron chi connectivity index (χ0n) is 10.7. The van der Waals surface area contributed by atoms with E-state index >= 15 is 0 Å². The molecule has 100 valence electrons. The maximum Gasteiger partial charge on any atom is 0.177 e. The minimum absolute atomic E-state index is 0.252. The largest absolute Gasteiger partial charge is 0.366 e. The lowest BCUT2D eigenvalue weighted by Gasteiger charge is -2.37. The Labute approximate surface area is 109 Å². The molecule has 1 atom stereocenters. The fourth-order valence-corrected chi connectivity index (χ4v) is 3.46. The molecule has 1 heterocycles. The summed E-state index contributed by atoms with van der Waals surface area (Å²) >= 11 is 0. The molecule has 0 amide bonds. The number of para-hydroxylation sites is 1. The van der Waals surface area contributed by atoms with E-state index in [-0.39, 0.29) is 6.04 Å². The number of nitrogens with two attached hydrogens (primary N) is 1. The molecule has 1 aliphatic heterocycles. The molecule has 1 aromatic carbocycles. The van der Waals surface area contributed by atoms with Gasteiger partial charge in [-0.25, -0.2) is 8.42 Å². The molecule has 0 aromatic heterocycles. The number of piperidine rings is 1. The predicted octanol–water partition coefficient (Wildman–Crippen LogP) is 1.41. The highest BCUT2D eigenvalue weighted by Crippen LogP contribution is 2.30. The second-order valence-electron chi connectivity index (χ2n) is 4.82. The highest BCUT2D eigenvalue weighted by atomic mass is 32.2. The molecule has 0 aliphatic carbocycles. The van der Waals surface area contributed by atoms with Crippen molar-refractivity contribution in [3.05, 3.63) is 24.3 Å². The molecular formula is C13H20N2O2S. The minimum atomic E-state index is -3.20. The first-order chi connectivity index (χ1) is 8.54. The van der Waals surface area contributed by atoms with Crippen LogP contribution in [0.1, 0.15) is 19.3 Å². The Morgan fingerprint density at radius 1 is 1.33 bits per heavy atom. The van der Waals surface area contributed by atoms with Crippen molar-refractivity contribution in [3.8, 4) is 0 Å². The third-order valence-electron chi connectivity index (χ3n) is 3.47. The maximum absolute atomic E-state index is 11.8. The second-order valence-corrected chi connectivity index (χ2v) is 6.80. The molecule has 0 saturated carbocycles. The summed E-state index contributed by atoms with van der Waals surface area (Å²) in [4.78, 5) is 2.56. The Balaban J connectivity index is 2.43. The van der Waals surface area contributed by atoms with Gasteiger partial charge in [-0.2, -0.15) is 0 Å². The van der Waals surface area contributed by atoms with E-state index in [1.54, 1.807) is 12.1 Å². The summed E-state index contributed by atoms with van der Waals surface area (Å²) in [6, 6.07) is 7.45. The monoisotopic (exact) mass is 268 g/mol. The summed E-state index contributed by atoms with van der Waals surface area (Å²) < 4.78 is 23.7. The van der Waals surface area contributed by atoms with Crippen molar-refractivity contribution >= 4 is 15.5 Å². The second kappa shape index (κ2) is 5.28. The van der Waals surface area contributed by atoms with Gasteiger partial charge < -0.3 is 10.6 Å². The molecule has 1 aliphatic rings. The highest BCUT2D eigenvalue weighted by Gasteiger charge is 2.25. The number of hydrogen-bond acceptors (Lipinski definition) is 4. The summed E-state index contributed by atoms with van der Waals surface area (Å²) in [6.45, 7) is 1.45. The third kappa shape index (κ3) is 2.67. The van der Waals surface area contributed by atoms with Crippen LogP contribution in [0.4, 0.5) is 5.69 Å². The molecule has 1 unspecified atom stereocenters. The lowest BCUT2D eigenvalue weighted by Crippen LogP contribution is -2.44. The van der Waals surface area contributed by atoms with Crippen LogP contribution in [0.25, 0.3) is 0 Å². The van der Waals surface area contributed by atoms with Gasteiger partial charge >= 0.3 is 0 Å². The summed E-state index contributed by atoms with van der Waals surface area (Å²) in [5.41, 5.74) is 6.60. The van der Waals surface area contributed by atoms with Crippen LogP contribution in [0.2, 0.25) is 0 Å². The summed E-state index contributed by atoms with van der Waals surface area (Å²) in [5, 5.41) is 0. The molecule has 0 bridgehead atoms. The van der Waals surface area contributed by atoms with E-state index in [1.165, 1.54) is 12.7 Å². The van der Waals surface area contributed by atoms with E-state index in [0.717, 1.165) is 25.1 Å². The molecule has 1 aromatic rings. The quantitative estimate of drug-likeness (QED) is 0.900. The number of nitrogens with zero attached hydrogens (tertiary/aromatic N) is 1. The van der Waals surface area contributed by atoms with Gasteiger partial charge in [0.15, 0.2) is 9.84 Å². The Hall–Kier alpha value is -1.07. The van der Waals surface area contributed by atoms with Crippen molar-refractivity contribution in [3.63, 3.8) is 0 Å². The third-order valence-corrected chi connectivity index (χ3v) is 4.62. The van der Waals surface area contributed by atoms with Crippen molar-refractivity contribution in [1.29, 1.82) is 0 Å². The average Bonchev–Trinajstić information content (AvgIpc) is 2.37. The van der Waals surface area contributed by atoms with Gasteiger partial charge in [-0.15, -0.1) is 0 Å². The zero-order valence-corrected chi connectivity index (χ0v) is 11.5. The summed E-state index contributed by atoms with van der Waals surface area (Å²) in [7, 11) is -3.20.